The molecule has 3 aromatic carbocycles. The van der Waals surface area contributed by atoms with Crippen LogP contribution in [0.1, 0.15) is 31.4 Å². The van der Waals surface area contributed by atoms with Crippen LogP contribution in [-0.2, 0) is 12.8 Å². The summed E-state index contributed by atoms with van der Waals surface area (Å²) in [5.41, 5.74) is 3.25. The lowest BCUT2D eigenvalue weighted by Gasteiger charge is -2.10. The molecule has 0 aliphatic heterocycles. The molecule has 0 spiro atoms. The molecule has 2 heteroatoms. The third kappa shape index (κ3) is 2.98. The fraction of sp³-hybridized carbons (Fsp3) is 0.238. The molecular weight excluding hydrogens is 290 g/mol. The summed E-state index contributed by atoms with van der Waals surface area (Å²) in [6, 6.07) is 15.0. The molecule has 0 nitrogen and oxygen atoms in total. The van der Waals surface area contributed by atoms with Gasteiger partial charge in [0.25, 0.3) is 0 Å². The zero-order chi connectivity index (χ0) is 16.4. The summed E-state index contributed by atoms with van der Waals surface area (Å²) in [7, 11) is 0. The average Bonchev–Trinajstić information content (AvgIpc) is 2.59. The molecule has 0 N–H and O–H groups in total. The van der Waals surface area contributed by atoms with Crippen LogP contribution in [-0.4, -0.2) is 0 Å². The van der Waals surface area contributed by atoms with Crippen molar-refractivity contribution in [1.82, 2.24) is 0 Å². The van der Waals surface area contributed by atoms with Crippen LogP contribution in [0.3, 0.4) is 0 Å². The second-order valence-electron chi connectivity index (χ2n) is 5.91. The van der Waals surface area contributed by atoms with E-state index in [9.17, 15) is 8.78 Å². The molecule has 0 heterocycles. The van der Waals surface area contributed by atoms with Crippen molar-refractivity contribution in [2.24, 2.45) is 0 Å². The predicted octanol–water partition coefficient (Wildman–Crippen LogP) is 6.30. The fourth-order valence-corrected chi connectivity index (χ4v) is 2.95. The summed E-state index contributed by atoms with van der Waals surface area (Å²) < 4.78 is 29.1. The molecule has 23 heavy (non-hydrogen) atoms. The second kappa shape index (κ2) is 6.49. The van der Waals surface area contributed by atoms with Gasteiger partial charge in [-0.15, -0.1) is 0 Å². The van der Waals surface area contributed by atoms with Gasteiger partial charge in [0.15, 0.2) is 11.6 Å². The number of benzene rings is 3. The van der Waals surface area contributed by atoms with Gasteiger partial charge in [0.1, 0.15) is 0 Å². The van der Waals surface area contributed by atoms with Crippen LogP contribution >= 0.6 is 0 Å². The Morgan fingerprint density at radius 2 is 1.48 bits per heavy atom. The third-order valence-corrected chi connectivity index (χ3v) is 4.30. The molecule has 0 aliphatic rings. The van der Waals surface area contributed by atoms with Crippen LogP contribution < -0.4 is 0 Å². The minimum Gasteiger partial charge on any atom is -0.203 e. The predicted molar refractivity (Wildman–Crippen MR) is 92.7 cm³/mol. The van der Waals surface area contributed by atoms with E-state index in [1.807, 2.05) is 36.4 Å². The van der Waals surface area contributed by atoms with Crippen molar-refractivity contribution in [3.8, 4) is 11.1 Å². The highest BCUT2D eigenvalue weighted by Gasteiger charge is 2.15. The first-order valence-electron chi connectivity index (χ1n) is 8.14. The van der Waals surface area contributed by atoms with Crippen molar-refractivity contribution in [2.45, 2.75) is 33.1 Å². The summed E-state index contributed by atoms with van der Waals surface area (Å²) in [5, 5.41) is 1.10. The molecule has 0 aliphatic carbocycles. The minimum atomic E-state index is -0.768. The summed E-state index contributed by atoms with van der Waals surface area (Å²) in [6.07, 6.45) is 2.78. The van der Waals surface area contributed by atoms with Crippen LogP contribution in [0.5, 0.6) is 0 Å². The molecule has 0 saturated heterocycles. The Bertz CT molecular complexity index is 833. The lowest BCUT2D eigenvalue weighted by atomic mass is 9.97. The number of fused-ring (bicyclic) bond motifs is 1. The Morgan fingerprint density at radius 1 is 0.783 bits per heavy atom. The summed E-state index contributed by atoms with van der Waals surface area (Å²) in [6.45, 7) is 4.14. The standard InChI is InChI=1S/C21H20F2/c1-3-5-15-8-11-17-13-19(21(23)20(22)18(17)12-15)16-9-6-14(4-2)7-10-16/h6-13H,3-5H2,1-2H3. The largest absolute Gasteiger partial charge is 0.203 e. The van der Waals surface area contributed by atoms with Crippen molar-refractivity contribution < 1.29 is 8.78 Å². The number of rotatable bonds is 4. The first kappa shape index (κ1) is 15.7. The Labute approximate surface area is 135 Å². The van der Waals surface area contributed by atoms with Crippen molar-refractivity contribution in [1.29, 1.82) is 0 Å². The molecule has 0 radical (unpaired) electrons. The van der Waals surface area contributed by atoms with Gasteiger partial charge in [-0.3, -0.25) is 0 Å². The SMILES string of the molecule is CCCc1ccc2cc(-c3ccc(CC)cc3)c(F)c(F)c2c1. The first-order valence-corrected chi connectivity index (χ1v) is 8.14. The molecule has 118 valence electrons. The highest BCUT2D eigenvalue weighted by atomic mass is 19.2. The van der Waals surface area contributed by atoms with Gasteiger partial charge in [-0.1, -0.05) is 56.7 Å². The average molecular weight is 310 g/mol. The van der Waals surface area contributed by atoms with E-state index in [-0.39, 0.29) is 0 Å². The van der Waals surface area contributed by atoms with Crippen LogP contribution in [0.4, 0.5) is 8.78 Å². The maximum Gasteiger partial charge on any atom is 0.167 e. The van der Waals surface area contributed by atoms with Crippen LogP contribution in [0.2, 0.25) is 0 Å². The molecule has 0 amide bonds. The maximum absolute atomic E-state index is 14.5. The molecule has 0 saturated carbocycles. The third-order valence-electron chi connectivity index (χ3n) is 4.30. The molecule has 0 bridgehead atoms. The summed E-state index contributed by atoms with van der Waals surface area (Å²) in [5.74, 6) is -1.52. The Morgan fingerprint density at radius 3 is 2.13 bits per heavy atom. The monoisotopic (exact) mass is 310 g/mol. The number of hydrogen-bond donors (Lipinski definition) is 0. The number of hydrogen-bond acceptors (Lipinski definition) is 0. The van der Waals surface area contributed by atoms with E-state index in [1.165, 1.54) is 5.56 Å². The minimum absolute atomic E-state index is 0.320. The van der Waals surface area contributed by atoms with Gasteiger partial charge in [0.05, 0.1) is 0 Å². The van der Waals surface area contributed by atoms with Crippen molar-refractivity contribution in [3.05, 3.63) is 71.3 Å². The van der Waals surface area contributed by atoms with E-state index >= 15 is 0 Å². The van der Waals surface area contributed by atoms with Gasteiger partial charge >= 0.3 is 0 Å². The van der Waals surface area contributed by atoms with Gasteiger partial charge in [0.2, 0.25) is 0 Å². The molecule has 0 unspecified atom stereocenters. The molecule has 0 fully saturated rings. The van der Waals surface area contributed by atoms with Gasteiger partial charge in [-0.05, 0) is 47.1 Å². The molecule has 0 aromatic heterocycles. The lowest BCUT2D eigenvalue weighted by Crippen LogP contribution is -1.94. The first-order chi connectivity index (χ1) is 11.1. The van der Waals surface area contributed by atoms with Crippen molar-refractivity contribution in [2.75, 3.05) is 0 Å². The molecule has 3 aromatic rings. The Hall–Kier alpha value is -2.22. The quantitative estimate of drug-likeness (QED) is 0.530. The van der Waals surface area contributed by atoms with Crippen LogP contribution in [0.15, 0.2) is 48.5 Å². The second-order valence-corrected chi connectivity index (χ2v) is 5.91. The Balaban J connectivity index is 2.14. The summed E-state index contributed by atoms with van der Waals surface area (Å²) >= 11 is 0. The van der Waals surface area contributed by atoms with E-state index in [2.05, 4.69) is 13.8 Å². The highest BCUT2D eigenvalue weighted by molar-refractivity contribution is 5.88. The van der Waals surface area contributed by atoms with Gasteiger partial charge in [-0.2, -0.15) is 0 Å². The van der Waals surface area contributed by atoms with Crippen molar-refractivity contribution in [3.63, 3.8) is 0 Å². The Kier molecular flexibility index (Phi) is 4.42. The molecule has 3 rings (SSSR count). The van der Waals surface area contributed by atoms with E-state index in [1.54, 1.807) is 12.1 Å². The lowest BCUT2D eigenvalue weighted by molar-refractivity contribution is 0.519. The van der Waals surface area contributed by atoms with Crippen LogP contribution in [0.25, 0.3) is 21.9 Å². The molecule has 0 atom stereocenters. The maximum atomic E-state index is 14.5. The van der Waals surface area contributed by atoms with Gasteiger partial charge < -0.3 is 0 Å². The smallest absolute Gasteiger partial charge is 0.167 e. The topological polar surface area (TPSA) is 0 Å². The van der Waals surface area contributed by atoms with Crippen molar-refractivity contribution >= 4 is 10.8 Å². The molecular formula is C21H20F2. The fourth-order valence-electron chi connectivity index (χ4n) is 2.95. The van der Waals surface area contributed by atoms with E-state index in [4.69, 9.17) is 0 Å². The summed E-state index contributed by atoms with van der Waals surface area (Å²) in [4.78, 5) is 0. The van der Waals surface area contributed by atoms with E-state index in [0.717, 1.165) is 30.2 Å². The van der Waals surface area contributed by atoms with E-state index in [0.29, 0.717) is 16.5 Å². The van der Waals surface area contributed by atoms with Gasteiger partial charge in [0, 0.05) is 10.9 Å². The van der Waals surface area contributed by atoms with Gasteiger partial charge in [-0.25, -0.2) is 8.78 Å². The normalized spacial score (nSPS) is 11.1. The van der Waals surface area contributed by atoms with Crippen LogP contribution in [0, 0.1) is 11.6 Å². The number of halogens is 2. The zero-order valence-electron chi connectivity index (χ0n) is 13.5. The van der Waals surface area contributed by atoms with E-state index < -0.39 is 11.6 Å². The number of aryl methyl sites for hydroxylation is 2. The highest BCUT2D eigenvalue weighted by Crippen LogP contribution is 2.31. The zero-order valence-corrected chi connectivity index (χ0v) is 13.5.